The van der Waals surface area contributed by atoms with E-state index in [0.29, 0.717) is 36.6 Å². The van der Waals surface area contributed by atoms with Crippen LogP contribution in [-0.2, 0) is 11.3 Å². The number of hydrogen-bond donors (Lipinski definition) is 2. The number of pyridine rings is 1. The molecule has 1 aromatic heterocycles. The number of nitrogens with one attached hydrogen (secondary N) is 2. The highest BCUT2D eigenvalue weighted by Gasteiger charge is 2.32. The molecule has 2 aromatic rings. The molecule has 1 saturated heterocycles. The molecule has 9 heteroatoms. The van der Waals surface area contributed by atoms with Gasteiger partial charge in [0.05, 0.1) is 24.3 Å². The Labute approximate surface area is 167 Å². The lowest BCUT2D eigenvalue weighted by atomic mass is 10.1. The number of morpholine rings is 1. The van der Waals surface area contributed by atoms with E-state index < -0.39 is 6.03 Å². The number of carbonyl (C=O) groups excluding carboxylic acids is 3. The zero-order valence-corrected chi connectivity index (χ0v) is 16.0. The van der Waals surface area contributed by atoms with E-state index in [-0.39, 0.29) is 11.8 Å². The summed E-state index contributed by atoms with van der Waals surface area (Å²) in [6.07, 6.45) is 1.74. The van der Waals surface area contributed by atoms with E-state index in [4.69, 9.17) is 4.74 Å². The van der Waals surface area contributed by atoms with Gasteiger partial charge in [0.1, 0.15) is 5.82 Å². The number of nitrogens with zero attached hydrogens (tertiary/aromatic N) is 3. The Morgan fingerprint density at radius 2 is 1.86 bits per heavy atom. The Kier molecular flexibility index (Phi) is 5.13. The maximum Gasteiger partial charge on any atom is 0.319 e. The second-order valence-electron chi connectivity index (χ2n) is 6.86. The number of hydrogen-bond acceptors (Lipinski definition) is 6. The van der Waals surface area contributed by atoms with Gasteiger partial charge in [0.2, 0.25) is 0 Å². The SMILES string of the molecule is CN1C(=O)c2ccc(NC(=O)NCc3ccc(N4CCOCC4)nc3)cc2C1=O. The lowest BCUT2D eigenvalue weighted by molar-refractivity contribution is 0.0693. The molecule has 4 amide bonds. The van der Waals surface area contributed by atoms with Crippen LogP contribution < -0.4 is 15.5 Å². The molecule has 0 unspecified atom stereocenters. The van der Waals surface area contributed by atoms with Crippen molar-refractivity contribution in [3.63, 3.8) is 0 Å². The first-order chi connectivity index (χ1) is 14.0. The summed E-state index contributed by atoms with van der Waals surface area (Å²) in [5.74, 6) is 0.179. The average Bonchev–Trinajstić information content (AvgIpc) is 2.97. The fourth-order valence-electron chi connectivity index (χ4n) is 3.30. The van der Waals surface area contributed by atoms with Crippen LogP contribution in [0.25, 0.3) is 0 Å². The molecule has 1 fully saturated rings. The number of ether oxygens (including phenoxy) is 1. The van der Waals surface area contributed by atoms with Crippen LogP contribution in [0.3, 0.4) is 0 Å². The number of carbonyl (C=O) groups is 3. The Morgan fingerprint density at radius 3 is 2.59 bits per heavy atom. The van der Waals surface area contributed by atoms with E-state index in [1.54, 1.807) is 18.3 Å². The minimum Gasteiger partial charge on any atom is -0.378 e. The van der Waals surface area contributed by atoms with Crippen LogP contribution in [0.4, 0.5) is 16.3 Å². The second-order valence-corrected chi connectivity index (χ2v) is 6.86. The maximum absolute atomic E-state index is 12.2. The summed E-state index contributed by atoms with van der Waals surface area (Å²) in [5, 5.41) is 5.44. The fourth-order valence-corrected chi connectivity index (χ4v) is 3.30. The quantitative estimate of drug-likeness (QED) is 0.760. The molecule has 2 aliphatic heterocycles. The summed E-state index contributed by atoms with van der Waals surface area (Å²) in [4.78, 5) is 43.8. The van der Waals surface area contributed by atoms with Crippen molar-refractivity contribution >= 4 is 29.4 Å². The first kappa shape index (κ1) is 18.9. The van der Waals surface area contributed by atoms with Crippen LogP contribution in [0, 0.1) is 0 Å². The van der Waals surface area contributed by atoms with Gasteiger partial charge in [-0.25, -0.2) is 9.78 Å². The number of amides is 4. The second kappa shape index (κ2) is 7.88. The number of fused-ring (bicyclic) bond motifs is 1. The molecule has 150 valence electrons. The third-order valence-corrected chi connectivity index (χ3v) is 4.94. The van der Waals surface area contributed by atoms with Gasteiger partial charge < -0.3 is 20.3 Å². The molecule has 3 heterocycles. The number of urea groups is 1. The highest BCUT2D eigenvalue weighted by molar-refractivity contribution is 6.21. The zero-order chi connectivity index (χ0) is 20.4. The van der Waals surface area contributed by atoms with Gasteiger partial charge in [-0.3, -0.25) is 14.5 Å². The van der Waals surface area contributed by atoms with Gasteiger partial charge in [0.15, 0.2) is 0 Å². The predicted octanol–water partition coefficient (Wildman–Crippen LogP) is 1.47. The number of imide groups is 1. The van der Waals surface area contributed by atoms with Crippen molar-refractivity contribution in [1.29, 1.82) is 0 Å². The predicted molar refractivity (Wildman–Crippen MR) is 106 cm³/mol. The van der Waals surface area contributed by atoms with Crippen LogP contribution in [0.2, 0.25) is 0 Å². The minimum absolute atomic E-state index is 0.290. The molecule has 0 saturated carbocycles. The number of aromatic nitrogens is 1. The summed E-state index contributed by atoms with van der Waals surface area (Å²) in [6, 6.07) is 8.10. The molecule has 0 spiro atoms. The largest absolute Gasteiger partial charge is 0.378 e. The summed E-state index contributed by atoms with van der Waals surface area (Å²) < 4.78 is 5.34. The molecule has 0 radical (unpaired) electrons. The van der Waals surface area contributed by atoms with Crippen LogP contribution >= 0.6 is 0 Å². The molecule has 0 atom stereocenters. The minimum atomic E-state index is -0.410. The van der Waals surface area contributed by atoms with Gasteiger partial charge in [0, 0.05) is 38.6 Å². The Bertz CT molecular complexity index is 954. The maximum atomic E-state index is 12.2. The van der Waals surface area contributed by atoms with E-state index in [1.807, 2.05) is 12.1 Å². The van der Waals surface area contributed by atoms with Crippen LogP contribution in [0.1, 0.15) is 26.3 Å². The average molecular weight is 395 g/mol. The number of benzene rings is 1. The van der Waals surface area contributed by atoms with Crippen molar-refractivity contribution in [2.45, 2.75) is 6.54 Å². The Morgan fingerprint density at radius 1 is 1.10 bits per heavy atom. The topological polar surface area (TPSA) is 104 Å². The molecule has 0 bridgehead atoms. The van der Waals surface area contributed by atoms with E-state index in [9.17, 15) is 14.4 Å². The standard InChI is InChI=1S/C20H21N5O4/c1-24-18(26)15-4-3-14(10-16(15)19(24)27)23-20(28)22-12-13-2-5-17(21-11-13)25-6-8-29-9-7-25/h2-5,10-11H,6-9,12H2,1H3,(H2,22,23,28). The number of anilines is 2. The summed E-state index contributed by atoms with van der Waals surface area (Å²) in [5.41, 5.74) is 1.94. The van der Waals surface area contributed by atoms with E-state index in [1.165, 1.54) is 13.1 Å². The first-order valence-electron chi connectivity index (χ1n) is 9.32. The smallest absolute Gasteiger partial charge is 0.319 e. The Balaban J connectivity index is 1.33. The van der Waals surface area contributed by atoms with Crippen molar-refractivity contribution in [3.8, 4) is 0 Å². The van der Waals surface area contributed by atoms with Crippen LogP contribution in [-0.4, -0.2) is 61.1 Å². The fraction of sp³-hybridized carbons (Fsp3) is 0.300. The van der Waals surface area contributed by atoms with Crippen molar-refractivity contribution < 1.29 is 19.1 Å². The van der Waals surface area contributed by atoms with E-state index >= 15 is 0 Å². The van der Waals surface area contributed by atoms with Gasteiger partial charge in [-0.1, -0.05) is 6.07 Å². The Hall–Kier alpha value is -3.46. The van der Waals surface area contributed by atoms with Crippen LogP contribution in [0.15, 0.2) is 36.5 Å². The third-order valence-electron chi connectivity index (χ3n) is 4.94. The normalized spacial score (nSPS) is 16.0. The molecule has 4 rings (SSSR count). The lowest BCUT2D eigenvalue weighted by Gasteiger charge is -2.27. The highest BCUT2D eigenvalue weighted by Crippen LogP contribution is 2.24. The van der Waals surface area contributed by atoms with Crippen molar-refractivity contribution in [3.05, 3.63) is 53.2 Å². The molecular formula is C20H21N5O4. The van der Waals surface area contributed by atoms with Crippen molar-refractivity contribution in [2.24, 2.45) is 0 Å². The summed E-state index contributed by atoms with van der Waals surface area (Å²) in [7, 11) is 1.43. The van der Waals surface area contributed by atoms with Crippen molar-refractivity contribution in [2.75, 3.05) is 43.6 Å². The van der Waals surface area contributed by atoms with Gasteiger partial charge in [-0.15, -0.1) is 0 Å². The zero-order valence-electron chi connectivity index (χ0n) is 16.0. The third kappa shape index (κ3) is 3.90. The van der Waals surface area contributed by atoms with E-state index in [0.717, 1.165) is 29.4 Å². The molecule has 1 aromatic carbocycles. The van der Waals surface area contributed by atoms with E-state index in [2.05, 4.69) is 20.5 Å². The lowest BCUT2D eigenvalue weighted by Crippen LogP contribution is -2.36. The number of rotatable bonds is 4. The van der Waals surface area contributed by atoms with Gasteiger partial charge in [-0.05, 0) is 29.8 Å². The van der Waals surface area contributed by atoms with Gasteiger partial charge in [0.25, 0.3) is 11.8 Å². The van der Waals surface area contributed by atoms with Crippen molar-refractivity contribution in [1.82, 2.24) is 15.2 Å². The van der Waals surface area contributed by atoms with Gasteiger partial charge >= 0.3 is 6.03 Å². The monoisotopic (exact) mass is 395 g/mol. The molecule has 29 heavy (non-hydrogen) atoms. The highest BCUT2D eigenvalue weighted by atomic mass is 16.5. The molecular weight excluding hydrogens is 374 g/mol. The van der Waals surface area contributed by atoms with Crippen LogP contribution in [0.5, 0.6) is 0 Å². The molecule has 2 aliphatic rings. The molecule has 0 aliphatic carbocycles. The summed E-state index contributed by atoms with van der Waals surface area (Å²) >= 11 is 0. The first-order valence-corrected chi connectivity index (χ1v) is 9.32. The molecule has 9 nitrogen and oxygen atoms in total. The molecule has 2 N–H and O–H groups in total. The summed E-state index contributed by atoms with van der Waals surface area (Å²) in [6.45, 7) is 3.34. The van der Waals surface area contributed by atoms with Gasteiger partial charge in [-0.2, -0.15) is 0 Å².